The van der Waals surface area contributed by atoms with E-state index in [-0.39, 0.29) is 29.4 Å². The van der Waals surface area contributed by atoms with Gasteiger partial charge in [-0.05, 0) is 12.8 Å². The van der Waals surface area contributed by atoms with Crippen molar-refractivity contribution in [1.29, 1.82) is 0 Å². The Balaban J connectivity index is 3.33. The van der Waals surface area contributed by atoms with Gasteiger partial charge in [0.05, 0.1) is 0 Å². The van der Waals surface area contributed by atoms with Crippen molar-refractivity contribution in [3.63, 3.8) is 0 Å². The van der Waals surface area contributed by atoms with Crippen LogP contribution in [-0.2, 0) is 9.59 Å². The molecular formula is C24H52N2O2Si4. The fourth-order valence-electron chi connectivity index (χ4n) is 3.49. The average molecular weight is 513 g/mol. The highest BCUT2D eigenvalue weighted by Crippen LogP contribution is 2.08. The van der Waals surface area contributed by atoms with Crippen molar-refractivity contribution in [2.24, 2.45) is 0 Å². The Morgan fingerprint density at radius 2 is 0.938 bits per heavy atom. The topological polar surface area (TPSA) is 58.2 Å². The lowest BCUT2D eigenvalue weighted by atomic mass is 10.2. The third-order valence-electron chi connectivity index (χ3n) is 5.55. The van der Waals surface area contributed by atoms with Crippen molar-refractivity contribution >= 4 is 48.4 Å². The predicted octanol–water partition coefficient (Wildman–Crippen LogP) is 5.17. The van der Waals surface area contributed by atoms with Gasteiger partial charge in [-0.15, -0.1) is 0 Å². The first-order chi connectivity index (χ1) is 15.4. The van der Waals surface area contributed by atoms with Crippen LogP contribution in [0, 0.1) is 0 Å². The second-order valence-corrected chi connectivity index (χ2v) is 19.6. The van der Waals surface area contributed by atoms with Crippen LogP contribution in [0.5, 0.6) is 0 Å². The summed E-state index contributed by atoms with van der Waals surface area (Å²) >= 11 is 0. The third kappa shape index (κ3) is 26.1. The van der Waals surface area contributed by atoms with Crippen LogP contribution >= 0.6 is 0 Å². The molecule has 0 heterocycles. The first-order valence-corrected chi connectivity index (χ1v) is 22.4. The van der Waals surface area contributed by atoms with Crippen LogP contribution in [0.4, 0.5) is 0 Å². The summed E-state index contributed by atoms with van der Waals surface area (Å²) in [5.41, 5.74) is 0. The van der Waals surface area contributed by atoms with Crippen molar-refractivity contribution in [2.75, 3.05) is 13.1 Å². The molecule has 0 spiro atoms. The average Bonchev–Trinajstić information content (AvgIpc) is 2.74. The zero-order valence-electron chi connectivity index (χ0n) is 21.7. The number of unbranched alkanes of at least 4 members (excludes halogenated alkanes) is 4. The monoisotopic (exact) mass is 512 g/mol. The van der Waals surface area contributed by atoms with Gasteiger partial charge >= 0.3 is 0 Å². The molecule has 0 saturated carbocycles. The SMILES string of the molecule is C[SiH](C)CCCCC[Si]CCCNC(=O)CCC(=O)NCCC[Si]CCCCC[SiH](C)C. The van der Waals surface area contributed by atoms with E-state index in [2.05, 4.69) is 36.8 Å². The molecule has 2 amide bonds. The first kappa shape index (κ1) is 31.8. The molecule has 8 heteroatoms. The summed E-state index contributed by atoms with van der Waals surface area (Å²) in [5, 5.41) is 5.93. The van der Waals surface area contributed by atoms with Crippen molar-refractivity contribution in [3.8, 4) is 0 Å². The summed E-state index contributed by atoms with van der Waals surface area (Å²) in [7, 11) is 1.37. The maximum atomic E-state index is 11.9. The van der Waals surface area contributed by atoms with Crippen LogP contribution in [0.3, 0.4) is 0 Å². The molecule has 0 aromatic carbocycles. The van der Waals surface area contributed by atoms with Gasteiger partial charge in [0, 0.05) is 62.6 Å². The molecular weight excluding hydrogens is 461 g/mol. The lowest BCUT2D eigenvalue weighted by Gasteiger charge is -2.07. The molecule has 0 aromatic rings. The van der Waals surface area contributed by atoms with E-state index in [1.54, 1.807) is 0 Å². The number of carbonyl (C=O) groups is 2. The quantitative estimate of drug-likeness (QED) is 0.146. The zero-order chi connectivity index (χ0) is 23.9. The van der Waals surface area contributed by atoms with E-state index in [9.17, 15) is 9.59 Å². The molecule has 32 heavy (non-hydrogen) atoms. The standard InChI is InChI=1S/C24H52N2O2Si4/c1-31(2)21-9-5-7-17-29-19-11-15-25-23(27)13-14-24(28)26-16-12-20-30-18-8-6-10-22-32(3)4/h31-32H,5-22H2,1-4H3,(H,25,27)(H,26,28). The molecule has 4 radical (unpaired) electrons. The summed E-state index contributed by atoms with van der Waals surface area (Å²) in [6.07, 6.45) is 11.2. The maximum Gasteiger partial charge on any atom is 0.220 e. The molecule has 4 nitrogen and oxygen atoms in total. The third-order valence-corrected chi connectivity index (χ3v) is 11.5. The Labute approximate surface area is 208 Å². The lowest BCUT2D eigenvalue weighted by molar-refractivity contribution is -0.126. The number of amides is 2. The predicted molar refractivity (Wildman–Crippen MR) is 150 cm³/mol. The summed E-state index contributed by atoms with van der Waals surface area (Å²) in [5.74, 6) is 0.0332. The maximum absolute atomic E-state index is 11.9. The Morgan fingerprint density at radius 3 is 1.31 bits per heavy atom. The van der Waals surface area contributed by atoms with E-state index in [0.717, 1.165) is 45.0 Å². The minimum absolute atomic E-state index is 0.0166. The Kier molecular flexibility index (Phi) is 23.8. The highest BCUT2D eigenvalue weighted by atomic mass is 28.3. The van der Waals surface area contributed by atoms with Gasteiger partial charge in [0.25, 0.3) is 0 Å². The molecule has 0 aliphatic rings. The van der Waals surface area contributed by atoms with Crippen LogP contribution in [-0.4, -0.2) is 61.5 Å². The fraction of sp³-hybridized carbons (Fsp3) is 0.917. The molecule has 0 fully saturated rings. The molecule has 186 valence electrons. The van der Waals surface area contributed by atoms with E-state index in [0.29, 0.717) is 12.8 Å². The molecule has 0 atom stereocenters. The Morgan fingerprint density at radius 1 is 0.562 bits per heavy atom. The van der Waals surface area contributed by atoms with Gasteiger partial charge in [-0.3, -0.25) is 9.59 Å². The largest absolute Gasteiger partial charge is 0.356 e. The van der Waals surface area contributed by atoms with Crippen molar-refractivity contribution in [3.05, 3.63) is 0 Å². The zero-order valence-corrected chi connectivity index (χ0v) is 26.0. The smallest absolute Gasteiger partial charge is 0.220 e. The Bertz CT molecular complexity index is 412. The van der Waals surface area contributed by atoms with Crippen molar-refractivity contribution in [1.82, 2.24) is 10.6 Å². The molecule has 2 N–H and O–H groups in total. The van der Waals surface area contributed by atoms with E-state index >= 15 is 0 Å². The van der Waals surface area contributed by atoms with Gasteiger partial charge in [0.2, 0.25) is 11.8 Å². The summed E-state index contributed by atoms with van der Waals surface area (Å²) in [6, 6.07) is 8.14. The molecule has 0 aliphatic heterocycles. The van der Waals surface area contributed by atoms with E-state index in [1.165, 1.54) is 74.8 Å². The number of hydrogen-bond acceptors (Lipinski definition) is 2. The van der Waals surface area contributed by atoms with Gasteiger partial charge in [0.15, 0.2) is 0 Å². The van der Waals surface area contributed by atoms with Crippen molar-refractivity contribution in [2.45, 2.75) is 127 Å². The molecule has 0 aromatic heterocycles. The molecule has 0 bridgehead atoms. The Hall–Kier alpha value is -0.192. The highest BCUT2D eigenvalue weighted by molar-refractivity contribution is 6.55. The highest BCUT2D eigenvalue weighted by Gasteiger charge is 2.06. The fourth-order valence-corrected chi connectivity index (χ4v) is 8.06. The van der Waals surface area contributed by atoms with Crippen molar-refractivity contribution < 1.29 is 9.59 Å². The molecule has 0 saturated heterocycles. The number of rotatable bonds is 23. The van der Waals surface area contributed by atoms with Gasteiger partial charge in [0.1, 0.15) is 0 Å². The van der Waals surface area contributed by atoms with Crippen LogP contribution in [0.1, 0.15) is 64.2 Å². The summed E-state index contributed by atoms with van der Waals surface area (Å²) in [6.45, 7) is 11.2. The molecule has 0 aliphatic carbocycles. The number of hydrogen-bond donors (Lipinski definition) is 2. The number of nitrogens with one attached hydrogen (secondary N) is 2. The first-order valence-electron chi connectivity index (χ1n) is 13.4. The van der Waals surface area contributed by atoms with E-state index < -0.39 is 0 Å². The normalized spacial score (nSPS) is 11.3. The van der Waals surface area contributed by atoms with Crippen LogP contribution in [0.2, 0.25) is 62.5 Å². The van der Waals surface area contributed by atoms with Crippen LogP contribution < -0.4 is 10.6 Å². The molecule has 0 unspecified atom stereocenters. The summed E-state index contributed by atoms with van der Waals surface area (Å²) < 4.78 is 0. The second kappa shape index (κ2) is 23.9. The van der Waals surface area contributed by atoms with Gasteiger partial charge in [-0.25, -0.2) is 0 Å². The molecule has 0 rings (SSSR count). The van der Waals surface area contributed by atoms with Crippen LogP contribution in [0.15, 0.2) is 0 Å². The van der Waals surface area contributed by atoms with E-state index in [1.807, 2.05) is 0 Å². The second-order valence-electron chi connectivity index (χ2n) is 9.89. The minimum atomic E-state index is -0.347. The van der Waals surface area contributed by atoms with Gasteiger partial charge < -0.3 is 10.6 Å². The van der Waals surface area contributed by atoms with Gasteiger partial charge in [-0.2, -0.15) is 0 Å². The lowest BCUT2D eigenvalue weighted by Crippen LogP contribution is -2.29. The van der Waals surface area contributed by atoms with Crippen LogP contribution in [0.25, 0.3) is 0 Å². The summed E-state index contributed by atoms with van der Waals surface area (Å²) in [4.78, 5) is 23.8. The van der Waals surface area contributed by atoms with E-state index in [4.69, 9.17) is 0 Å². The van der Waals surface area contributed by atoms with Gasteiger partial charge in [-0.1, -0.05) is 101 Å². The number of carbonyl (C=O) groups excluding carboxylic acids is 2. The minimum Gasteiger partial charge on any atom is -0.356 e.